The molecular formula is C12H26N2O. The zero-order valence-electron chi connectivity index (χ0n) is 10.4. The van der Waals surface area contributed by atoms with E-state index in [0.29, 0.717) is 12.1 Å². The number of rotatable bonds is 7. The minimum atomic E-state index is 0.598. The van der Waals surface area contributed by atoms with E-state index >= 15 is 0 Å². The average molecular weight is 214 g/mol. The third-order valence-corrected chi connectivity index (χ3v) is 3.27. The fraction of sp³-hybridized carbons (Fsp3) is 1.00. The van der Waals surface area contributed by atoms with Crippen LogP contribution in [0.15, 0.2) is 0 Å². The third kappa shape index (κ3) is 4.96. The number of ether oxygens (including phenoxy) is 1. The summed E-state index contributed by atoms with van der Waals surface area (Å²) in [4.78, 5) is 0. The molecular weight excluding hydrogens is 188 g/mol. The molecule has 0 amide bonds. The van der Waals surface area contributed by atoms with Crippen LogP contribution in [-0.2, 0) is 4.74 Å². The Morgan fingerprint density at radius 1 is 1.33 bits per heavy atom. The molecule has 0 spiro atoms. The molecule has 0 aromatic rings. The summed E-state index contributed by atoms with van der Waals surface area (Å²) in [6, 6.07) is 1.22. The van der Waals surface area contributed by atoms with E-state index in [0.717, 1.165) is 32.2 Å². The number of hydrogen-bond acceptors (Lipinski definition) is 3. The van der Waals surface area contributed by atoms with Crippen molar-refractivity contribution in [3.63, 3.8) is 0 Å². The molecule has 0 saturated carbocycles. The highest BCUT2D eigenvalue weighted by molar-refractivity contribution is 4.76. The molecule has 1 rings (SSSR count). The standard InChI is InChI=1S/C12H26N2O/c1-4-13-10(2)5-7-14-11(3)12-6-8-15-9-12/h10-14H,4-9H2,1-3H3. The molecule has 90 valence electrons. The van der Waals surface area contributed by atoms with Crippen LogP contribution in [0.1, 0.15) is 33.6 Å². The molecule has 15 heavy (non-hydrogen) atoms. The fourth-order valence-electron chi connectivity index (χ4n) is 2.09. The van der Waals surface area contributed by atoms with Crippen molar-refractivity contribution in [1.82, 2.24) is 10.6 Å². The average Bonchev–Trinajstić information content (AvgIpc) is 2.70. The quantitative estimate of drug-likeness (QED) is 0.672. The predicted octanol–water partition coefficient (Wildman–Crippen LogP) is 1.39. The Kier molecular flexibility index (Phi) is 6.22. The largest absolute Gasteiger partial charge is 0.381 e. The van der Waals surface area contributed by atoms with Gasteiger partial charge in [-0.2, -0.15) is 0 Å². The van der Waals surface area contributed by atoms with Gasteiger partial charge in [-0.15, -0.1) is 0 Å². The van der Waals surface area contributed by atoms with E-state index in [1.54, 1.807) is 0 Å². The van der Waals surface area contributed by atoms with Crippen LogP contribution in [0, 0.1) is 5.92 Å². The lowest BCUT2D eigenvalue weighted by atomic mass is 10.0. The molecule has 0 aromatic carbocycles. The first kappa shape index (κ1) is 12.9. The van der Waals surface area contributed by atoms with E-state index in [2.05, 4.69) is 31.4 Å². The second-order valence-corrected chi connectivity index (χ2v) is 4.61. The van der Waals surface area contributed by atoms with E-state index in [-0.39, 0.29) is 0 Å². The van der Waals surface area contributed by atoms with Gasteiger partial charge in [-0.1, -0.05) is 6.92 Å². The summed E-state index contributed by atoms with van der Waals surface area (Å²) < 4.78 is 5.39. The molecule has 0 bridgehead atoms. The third-order valence-electron chi connectivity index (χ3n) is 3.27. The van der Waals surface area contributed by atoms with Gasteiger partial charge in [0.05, 0.1) is 6.61 Å². The number of nitrogens with one attached hydrogen (secondary N) is 2. The predicted molar refractivity (Wildman–Crippen MR) is 64.1 cm³/mol. The van der Waals surface area contributed by atoms with Gasteiger partial charge in [0.15, 0.2) is 0 Å². The Hall–Kier alpha value is -0.120. The summed E-state index contributed by atoms with van der Waals surface area (Å²) >= 11 is 0. The lowest BCUT2D eigenvalue weighted by Crippen LogP contribution is -2.37. The van der Waals surface area contributed by atoms with Crippen LogP contribution in [0.2, 0.25) is 0 Å². The van der Waals surface area contributed by atoms with Crippen LogP contribution in [-0.4, -0.2) is 38.4 Å². The molecule has 1 fully saturated rings. The van der Waals surface area contributed by atoms with Gasteiger partial charge in [0.25, 0.3) is 0 Å². The summed E-state index contributed by atoms with van der Waals surface area (Å²) in [6.45, 7) is 10.7. The highest BCUT2D eigenvalue weighted by Crippen LogP contribution is 2.16. The Balaban J connectivity index is 2.03. The summed E-state index contributed by atoms with van der Waals surface area (Å²) in [5.74, 6) is 0.722. The normalized spacial score (nSPS) is 25.4. The molecule has 1 heterocycles. The van der Waals surface area contributed by atoms with Gasteiger partial charge in [0, 0.05) is 18.7 Å². The summed E-state index contributed by atoms with van der Waals surface area (Å²) in [7, 11) is 0. The Morgan fingerprint density at radius 3 is 2.73 bits per heavy atom. The maximum absolute atomic E-state index is 5.39. The monoisotopic (exact) mass is 214 g/mol. The second kappa shape index (κ2) is 7.20. The van der Waals surface area contributed by atoms with Crippen molar-refractivity contribution in [2.75, 3.05) is 26.3 Å². The molecule has 3 nitrogen and oxygen atoms in total. The summed E-state index contributed by atoms with van der Waals surface area (Å²) in [5, 5.41) is 7.02. The fourth-order valence-corrected chi connectivity index (χ4v) is 2.09. The maximum atomic E-state index is 5.39. The van der Waals surface area contributed by atoms with Crippen molar-refractivity contribution in [2.45, 2.75) is 45.7 Å². The summed E-state index contributed by atoms with van der Waals surface area (Å²) in [6.07, 6.45) is 2.42. The van der Waals surface area contributed by atoms with Crippen LogP contribution in [0.3, 0.4) is 0 Å². The highest BCUT2D eigenvalue weighted by Gasteiger charge is 2.21. The second-order valence-electron chi connectivity index (χ2n) is 4.61. The molecule has 0 radical (unpaired) electrons. The molecule has 1 saturated heterocycles. The lowest BCUT2D eigenvalue weighted by molar-refractivity contribution is 0.178. The molecule has 1 aliphatic heterocycles. The molecule has 3 heteroatoms. The SMILES string of the molecule is CCNC(C)CCNC(C)C1CCOC1. The first-order valence-electron chi connectivity index (χ1n) is 6.28. The van der Waals surface area contributed by atoms with Gasteiger partial charge >= 0.3 is 0 Å². The van der Waals surface area contributed by atoms with Crippen molar-refractivity contribution < 1.29 is 4.74 Å². The molecule has 0 aliphatic carbocycles. The van der Waals surface area contributed by atoms with Crippen LogP contribution in [0.5, 0.6) is 0 Å². The first-order valence-corrected chi connectivity index (χ1v) is 6.28. The Labute approximate surface area is 94.0 Å². The van der Waals surface area contributed by atoms with E-state index in [4.69, 9.17) is 4.74 Å². The topological polar surface area (TPSA) is 33.3 Å². The lowest BCUT2D eigenvalue weighted by Gasteiger charge is -2.20. The van der Waals surface area contributed by atoms with Crippen LogP contribution >= 0.6 is 0 Å². The smallest absolute Gasteiger partial charge is 0.0509 e. The molecule has 3 atom stereocenters. The van der Waals surface area contributed by atoms with Crippen molar-refractivity contribution >= 4 is 0 Å². The van der Waals surface area contributed by atoms with Crippen LogP contribution in [0.25, 0.3) is 0 Å². The van der Waals surface area contributed by atoms with Gasteiger partial charge in [0.1, 0.15) is 0 Å². The maximum Gasteiger partial charge on any atom is 0.0509 e. The van der Waals surface area contributed by atoms with Crippen LogP contribution < -0.4 is 10.6 Å². The van der Waals surface area contributed by atoms with E-state index < -0.39 is 0 Å². The van der Waals surface area contributed by atoms with E-state index in [9.17, 15) is 0 Å². The molecule has 1 aliphatic rings. The minimum absolute atomic E-state index is 0.598. The van der Waals surface area contributed by atoms with Gasteiger partial charge in [-0.05, 0) is 45.7 Å². The first-order chi connectivity index (χ1) is 7.24. The van der Waals surface area contributed by atoms with Crippen molar-refractivity contribution in [3.05, 3.63) is 0 Å². The molecule has 0 aromatic heterocycles. The van der Waals surface area contributed by atoms with Gasteiger partial charge in [-0.25, -0.2) is 0 Å². The van der Waals surface area contributed by atoms with Gasteiger partial charge in [0.2, 0.25) is 0 Å². The van der Waals surface area contributed by atoms with E-state index in [1.165, 1.54) is 12.8 Å². The highest BCUT2D eigenvalue weighted by atomic mass is 16.5. The Morgan fingerprint density at radius 2 is 2.13 bits per heavy atom. The number of hydrogen-bond donors (Lipinski definition) is 2. The molecule has 3 unspecified atom stereocenters. The zero-order valence-corrected chi connectivity index (χ0v) is 10.4. The molecule has 2 N–H and O–H groups in total. The van der Waals surface area contributed by atoms with Crippen molar-refractivity contribution in [2.24, 2.45) is 5.92 Å². The zero-order chi connectivity index (χ0) is 11.1. The van der Waals surface area contributed by atoms with E-state index in [1.807, 2.05) is 0 Å². The summed E-state index contributed by atoms with van der Waals surface area (Å²) in [5.41, 5.74) is 0. The van der Waals surface area contributed by atoms with Crippen LogP contribution in [0.4, 0.5) is 0 Å². The van der Waals surface area contributed by atoms with Gasteiger partial charge < -0.3 is 15.4 Å². The van der Waals surface area contributed by atoms with Gasteiger partial charge in [-0.3, -0.25) is 0 Å². The van der Waals surface area contributed by atoms with Crippen molar-refractivity contribution in [3.8, 4) is 0 Å². The Bertz CT molecular complexity index is 158. The van der Waals surface area contributed by atoms with Crippen molar-refractivity contribution in [1.29, 1.82) is 0 Å². The minimum Gasteiger partial charge on any atom is -0.381 e.